The summed E-state index contributed by atoms with van der Waals surface area (Å²) in [4.78, 5) is 4.07. The van der Waals surface area contributed by atoms with E-state index in [9.17, 15) is 8.42 Å². The zero-order chi connectivity index (χ0) is 12.3. The van der Waals surface area contributed by atoms with Gasteiger partial charge < -0.3 is 0 Å². The molecule has 0 amide bonds. The van der Waals surface area contributed by atoms with Gasteiger partial charge in [0, 0.05) is 16.9 Å². The van der Waals surface area contributed by atoms with Crippen molar-refractivity contribution in [3.63, 3.8) is 0 Å². The number of benzene rings is 1. The maximum absolute atomic E-state index is 12.0. The number of pyridine rings is 1. The average molecular weight is 312 g/mol. The summed E-state index contributed by atoms with van der Waals surface area (Å²) in [6.07, 6.45) is 2.92. The van der Waals surface area contributed by atoms with Crippen molar-refractivity contribution in [3.05, 3.63) is 58.8 Å². The Kier molecular flexibility index (Phi) is 3.59. The van der Waals surface area contributed by atoms with Crippen LogP contribution in [0.2, 0.25) is 0 Å². The zero-order valence-electron chi connectivity index (χ0n) is 8.88. The van der Waals surface area contributed by atoms with Crippen molar-refractivity contribution in [1.82, 2.24) is 4.98 Å². The highest BCUT2D eigenvalue weighted by Crippen LogP contribution is 2.17. The SMILES string of the molecule is O=S(=O)(Cc1ccc(Br)cc1)c1cccnc1. The summed E-state index contributed by atoms with van der Waals surface area (Å²) in [7, 11) is -3.30. The van der Waals surface area contributed by atoms with Crippen LogP contribution in [0.25, 0.3) is 0 Å². The Labute approximate surface area is 109 Å². The molecule has 0 spiro atoms. The lowest BCUT2D eigenvalue weighted by Gasteiger charge is -2.04. The van der Waals surface area contributed by atoms with Gasteiger partial charge in [0.1, 0.15) is 0 Å². The lowest BCUT2D eigenvalue weighted by atomic mass is 10.2. The summed E-state index contributed by atoms with van der Waals surface area (Å²) in [5.41, 5.74) is 0.761. The number of hydrogen-bond acceptors (Lipinski definition) is 3. The van der Waals surface area contributed by atoms with Crippen LogP contribution in [0.15, 0.2) is 58.2 Å². The quantitative estimate of drug-likeness (QED) is 0.875. The van der Waals surface area contributed by atoms with Crippen LogP contribution in [-0.2, 0) is 15.6 Å². The largest absolute Gasteiger partial charge is 0.263 e. The van der Waals surface area contributed by atoms with E-state index in [0.717, 1.165) is 10.0 Å². The number of hydrogen-bond donors (Lipinski definition) is 0. The van der Waals surface area contributed by atoms with Crippen molar-refractivity contribution in [2.75, 3.05) is 0 Å². The van der Waals surface area contributed by atoms with Crippen molar-refractivity contribution in [2.45, 2.75) is 10.6 Å². The number of halogens is 1. The Morgan fingerprint density at radius 3 is 2.41 bits per heavy atom. The first-order valence-electron chi connectivity index (χ1n) is 4.95. The summed E-state index contributed by atoms with van der Waals surface area (Å²) in [6.45, 7) is 0. The topological polar surface area (TPSA) is 47.0 Å². The van der Waals surface area contributed by atoms with Crippen LogP contribution in [0.1, 0.15) is 5.56 Å². The van der Waals surface area contributed by atoms with Crippen LogP contribution >= 0.6 is 15.9 Å². The Morgan fingerprint density at radius 1 is 1.12 bits per heavy atom. The van der Waals surface area contributed by atoms with Crippen molar-refractivity contribution in [3.8, 4) is 0 Å². The van der Waals surface area contributed by atoms with E-state index in [-0.39, 0.29) is 10.6 Å². The molecule has 5 heteroatoms. The molecule has 0 unspecified atom stereocenters. The average Bonchev–Trinajstić information content (AvgIpc) is 2.33. The van der Waals surface area contributed by atoms with E-state index in [2.05, 4.69) is 20.9 Å². The molecule has 0 saturated carbocycles. The van der Waals surface area contributed by atoms with Crippen molar-refractivity contribution in [1.29, 1.82) is 0 Å². The molecule has 0 N–H and O–H groups in total. The first kappa shape index (κ1) is 12.3. The summed E-state index contributed by atoms with van der Waals surface area (Å²) in [5.74, 6) is -0.00796. The molecule has 2 aromatic rings. The van der Waals surface area contributed by atoms with Gasteiger partial charge in [-0.05, 0) is 29.8 Å². The molecule has 1 heterocycles. The van der Waals surface area contributed by atoms with Crippen LogP contribution in [0, 0.1) is 0 Å². The summed E-state index contributed by atoms with van der Waals surface area (Å²) in [6, 6.07) is 10.4. The molecule has 0 atom stereocenters. The number of nitrogens with zero attached hydrogens (tertiary/aromatic N) is 1. The first-order chi connectivity index (χ1) is 8.08. The molecule has 3 nitrogen and oxygen atoms in total. The van der Waals surface area contributed by atoms with Gasteiger partial charge in [-0.1, -0.05) is 28.1 Å². The van der Waals surface area contributed by atoms with Crippen LogP contribution in [0.5, 0.6) is 0 Å². The van der Waals surface area contributed by atoms with Gasteiger partial charge in [-0.2, -0.15) is 0 Å². The normalized spacial score (nSPS) is 11.4. The Morgan fingerprint density at radius 2 is 1.82 bits per heavy atom. The van der Waals surface area contributed by atoms with E-state index in [1.165, 1.54) is 6.20 Å². The molecular formula is C12H10BrNO2S. The highest BCUT2D eigenvalue weighted by Gasteiger charge is 2.14. The third-order valence-electron chi connectivity index (χ3n) is 2.26. The van der Waals surface area contributed by atoms with E-state index in [4.69, 9.17) is 0 Å². The third-order valence-corrected chi connectivity index (χ3v) is 4.47. The third kappa shape index (κ3) is 3.14. The highest BCUT2D eigenvalue weighted by molar-refractivity contribution is 9.10. The van der Waals surface area contributed by atoms with E-state index < -0.39 is 9.84 Å². The number of aromatic nitrogens is 1. The first-order valence-corrected chi connectivity index (χ1v) is 7.40. The molecule has 1 aromatic carbocycles. The second-order valence-electron chi connectivity index (χ2n) is 3.57. The number of rotatable bonds is 3. The molecule has 0 aliphatic carbocycles. The molecule has 2 rings (SSSR count). The van der Waals surface area contributed by atoms with Gasteiger partial charge in [0.05, 0.1) is 10.6 Å². The van der Waals surface area contributed by atoms with Gasteiger partial charge in [0.25, 0.3) is 0 Å². The minimum absolute atomic E-state index is 0.00796. The van der Waals surface area contributed by atoms with Crippen LogP contribution in [0.4, 0.5) is 0 Å². The lowest BCUT2D eigenvalue weighted by molar-refractivity contribution is 0.595. The minimum atomic E-state index is -3.30. The van der Waals surface area contributed by atoms with Crippen LogP contribution in [0.3, 0.4) is 0 Å². The van der Waals surface area contributed by atoms with Crippen molar-refractivity contribution in [2.24, 2.45) is 0 Å². The van der Waals surface area contributed by atoms with Gasteiger partial charge >= 0.3 is 0 Å². The zero-order valence-corrected chi connectivity index (χ0v) is 11.3. The van der Waals surface area contributed by atoms with Gasteiger partial charge in [-0.25, -0.2) is 8.42 Å². The Hall–Kier alpha value is -1.20. The van der Waals surface area contributed by atoms with Crippen molar-refractivity contribution < 1.29 is 8.42 Å². The van der Waals surface area contributed by atoms with Gasteiger partial charge in [-0.3, -0.25) is 4.98 Å². The summed E-state index contributed by atoms with van der Waals surface area (Å²) < 4.78 is 25.0. The predicted octanol–water partition coefficient (Wildman–Crippen LogP) is 2.82. The maximum atomic E-state index is 12.0. The van der Waals surface area contributed by atoms with E-state index in [1.54, 1.807) is 30.5 Å². The minimum Gasteiger partial charge on any atom is -0.263 e. The fourth-order valence-electron chi connectivity index (χ4n) is 1.41. The molecule has 0 radical (unpaired) electrons. The highest BCUT2D eigenvalue weighted by atomic mass is 79.9. The molecule has 88 valence electrons. The smallest absolute Gasteiger partial charge is 0.184 e. The van der Waals surface area contributed by atoms with Crippen molar-refractivity contribution >= 4 is 25.8 Å². The maximum Gasteiger partial charge on any atom is 0.184 e. The molecule has 0 fully saturated rings. The predicted molar refractivity (Wildman–Crippen MR) is 69.3 cm³/mol. The molecule has 0 bridgehead atoms. The van der Waals surface area contributed by atoms with Crippen LogP contribution < -0.4 is 0 Å². The molecular weight excluding hydrogens is 302 g/mol. The van der Waals surface area contributed by atoms with E-state index >= 15 is 0 Å². The molecule has 0 aliphatic heterocycles. The standard InChI is InChI=1S/C12H10BrNO2S/c13-11-5-3-10(4-6-11)9-17(15,16)12-2-1-7-14-8-12/h1-8H,9H2. The molecule has 1 aromatic heterocycles. The lowest BCUT2D eigenvalue weighted by Crippen LogP contribution is -2.05. The fraction of sp³-hybridized carbons (Fsp3) is 0.0833. The Bertz CT molecular complexity index is 594. The van der Waals surface area contributed by atoms with E-state index in [1.807, 2.05) is 12.1 Å². The van der Waals surface area contributed by atoms with Gasteiger partial charge in [0.15, 0.2) is 9.84 Å². The van der Waals surface area contributed by atoms with Crippen LogP contribution in [-0.4, -0.2) is 13.4 Å². The van der Waals surface area contributed by atoms with E-state index in [0.29, 0.717) is 0 Å². The molecule has 0 saturated heterocycles. The summed E-state index contributed by atoms with van der Waals surface area (Å²) >= 11 is 3.31. The monoisotopic (exact) mass is 311 g/mol. The Balaban J connectivity index is 2.27. The second-order valence-corrected chi connectivity index (χ2v) is 6.48. The number of sulfone groups is 1. The summed E-state index contributed by atoms with van der Waals surface area (Å²) in [5, 5.41) is 0. The fourth-order valence-corrected chi connectivity index (χ4v) is 2.98. The second kappa shape index (κ2) is 4.98. The van der Waals surface area contributed by atoms with Gasteiger partial charge in [-0.15, -0.1) is 0 Å². The molecule has 0 aliphatic rings. The molecule has 17 heavy (non-hydrogen) atoms. The van der Waals surface area contributed by atoms with Gasteiger partial charge in [0.2, 0.25) is 0 Å².